The molecule has 5 nitrogen and oxygen atoms in total. The predicted molar refractivity (Wildman–Crippen MR) is 49.6 cm³/mol. The topological polar surface area (TPSA) is 90.8 Å². The molecular weight excluding hydrogens is 204 g/mol. The number of nitrogens with zero attached hydrogens (tertiary/aromatic N) is 1. The SMILES string of the molecule is Cc1c(S(C)(=O)=O)c[nH]c(=O)c1C#N. The largest absolute Gasteiger partial charge is 0.327 e. The van der Waals surface area contributed by atoms with E-state index in [-0.39, 0.29) is 16.0 Å². The summed E-state index contributed by atoms with van der Waals surface area (Å²) in [4.78, 5) is 13.3. The van der Waals surface area contributed by atoms with Crippen molar-refractivity contribution in [3.63, 3.8) is 0 Å². The molecule has 74 valence electrons. The fourth-order valence-electron chi connectivity index (χ4n) is 1.12. The van der Waals surface area contributed by atoms with Crippen LogP contribution in [-0.4, -0.2) is 19.7 Å². The van der Waals surface area contributed by atoms with Gasteiger partial charge in [-0.15, -0.1) is 0 Å². The Morgan fingerprint density at radius 3 is 2.50 bits per heavy atom. The van der Waals surface area contributed by atoms with E-state index in [0.29, 0.717) is 0 Å². The Morgan fingerprint density at radius 2 is 2.07 bits per heavy atom. The smallest absolute Gasteiger partial charge is 0.266 e. The van der Waals surface area contributed by atoms with Gasteiger partial charge >= 0.3 is 0 Å². The summed E-state index contributed by atoms with van der Waals surface area (Å²) in [5.41, 5.74) is -0.538. The number of aromatic nitrogens is 1. The summed E-state index contributed by atoms with van der Waals surface area (Å²) >= 11 is 0. The van der Waals surface area contributed by atoms with Crippen LogP contribution in [0.2, 0.25) is 0 Å². The molecule has 6 heteroatoms. The average molecular weight is 212 g/mol. The molecule has 0 bridgehead atoms. The van der Waals surface area contributed by atoms with Gasteiger partial charge in [0.05, 0.1) is 4.90 Å². The summed E-state index contributed by atoms with van der Waals surface area (Å²) in [6.45, 7) is 1.43. The van der Waals surface area contributed by atoms with Gasteiger partial charge in [-0.05, 0) is 12.5 Å². The summed E-state index contributed by atoms with van der Waals surface area (Å²) in [5, 5.41) is 8.62. The Morgan fingerprint density at radius 1 is 1.50 bits per heavy atom. The van der Waals surface area contributed by atoms with Crippen LogP contribution in [0.3, 0.4) is 0 Å². The Hall–Kier alpha value is -1.61. The van der Waals surface area contributed by atoms with Crippen LogP contribution in [-0.2, 0) is 9.84 Å². The van der Waals surface area contributed by atoms with Gasteiger partial charge in [-0.25, -0.2) is 8.42 Å². The lowest BCUT2D eigenvalue weighted by Gasteiger charge is -2.03. The summed E-state index contributed by atoms with van der Waals surface area (Å²) in [6.07, 6.45) is 2.13. The van der Waals surface area contributed by atoms with Crippen LogP contribution in [0.1, 0.15) is 11.1 Å². The fourth-order valence-corrected chi connectivity index (χ4v) is 2.06. The van der Waals surface area contributed by atoms with Crippen LogP contribution in [0.5, 0.6) is 0 Å². The van der Waals surface area contributed by atoms with Gasteiger partial charge in [0.25, 0.3) is 5.56 Å². The minimum absolute atomic E-state index is 0.0198. The molecule has 0 aliphatic heterocycles. The zero-order valence-electron chi connectivity index (χ0n) is 7.66. The van der Waals surface area contributed by atoms with Gasteiger partial charge in [0, 0.05) is 12.5 Å². The Bertz CT molecular complexity index is 563. The molecule has 1 heterocycles. The lowest BCUT2D eigenvalue weighted by molar-refractivity contribution is 0.600. The first-order chi connectivity index (χ1) is 6.38. The summed E-state index contributed by atoms with van der Waals surface area (Å²) in [6, 6.07) is 1.67. The molecular formula is C8H8N2O3S. The third kappa shape index (κ3) is 1.67. The lowest BCUT2D eigenvalue weighted by atomic mass is 10.2. The average Bonchev–Trinajstić information content (AvgIpc) is 2.02. The number of hydrogen-bond acceptors (Lipinski definition) is 4. The molecule has 0 aliphatic rings. The van der Waals surface area contributed by atoms with Crippen molar-refractivity contribution in [2.45, 2.75) is 11.8 Å². The van der Waals surface area contributed by atoms with Gasteiger partial charge in [-0.2, -0.15) is 5.26 Å². The second-order valence-electron chi connectivity index (χ2n) is 2.87. The molecule has 0 amide bonds. The van der Waals surface area contributed by atoms with E-state index in [2.05, 4.69) is 4.98 Å². The molecule has 0 aromatic carbocycles. The van der Waals surface area contributed by atoms with E-state index in [4.69, 9.17) is 5.26 Å². The van der Waals surface area contributed by atoms with Crippen molar-refractivity contribution in [2.75, 3.05) is 6.26 Å². The van der Waals surface area contributed by atoms with E-state index in [0.717, 1.165) is 12.5 Å². The monoisotopic (exact) mass is 212 g/mol. The molecule has 0 unspecified atom stereocenters. The number of rotatable bonds is 1. The number of sulfone groups is 1. The Kier molecular flexibility index (Phi) is 2.45. The van der Waals surface area contributed by atoms with Crippen molar-refractivity contribution in [3.8, 4) is 6.07 Å². The van der Waals surface area contributed by atoms with Crippen molar-refractivity contribution < 1.29 is 8.42 Å². The van der Waals surface area contributed by atoms with Gasteiger partial charge in [0.15, 0.2) is 9.84 Å². The number of aromatic amines is 1. The minimum Gasteiger partial charge on any atom is -0.327 e. The van der Waals surface area contributed by atoms with Crippen molar-refractivity contribution >= 4 is 9.84 Å². The van der Waals surface area contributed by atoms with Crippen molar-refractivity contribution in [2.24, 2.45) is 0 Å². The number of hydrogen-bond donors (Lipinski definition) is 1. The number of nitrogens with one attached hydrogen (secondary N) is 1. The highest BCUT2D eigenvalue weighted by atomic mass is 32.2. The molecule has 0 saturated carbocycles. The first kappa shape index (κ1) is 10.5. The number of H-pyrrole nitrogens is 1. The highest BCUT2D eigenvalue weighted by Gasteiger charge is 2.15. The van der Waals surface area contributed by atoms with Gasteiger partial charge < -0.3 is 4.98 Å². The third-order valence-corrected chi connectivity index (χ3v) is 3.04. The van der Waals surface area contributed by atoms with E-state index in [9.17, 15) is 13.2 Å². The van der Waals surface area contributed by atoms with E-state index in [1.54, 1.807) is 6.07 Å². The van der Waals surface area contributed by atoms with E-state index in [1.165, 1.54) is 6.92 Å². The van der Waals surface area contributed by atoms with E-state index >= 15 is 0 Å². The summed E-state index contributed by atoms with van der Waals surface area (Å²) < 4.78 is 22.4. The molecule has 0 fully saturated rings. The van der Waals surface area contributed by atoms with E-state index in [1.807, 2.05) is 0 Å². The van der Waals surface area contributed by atoms with Crippen molar-refractivity contribution in [3.05, 3.63) is 27.7 Å². The summed E-state index contributed by atoms with van der Waals surface area (Å²) in [5.74, 6) is 0. The second kappa shape index (κ2) is 3.27. The zero-order valence-corrected chi connectivity index (χ0v) is 8.47. The van der Waals surface area contributed by atoms with Crippen LogP contribution < -0.4 is 5.56 Å². The molecule has 1 aromatic rings. The van der Waals surface area contributed by atoms with Crippen LogP contribution in [0.4, 0.5) is 0 Å². The van der Waals surface area contributed by atoms with Crippen LogP contribution in [0, 0.1) is 18.3 Å². The number of nitriles is 1. The first-order valence-corrected chi connectivity index (χ1v) is 5.59. The Labute approximate surface area is 80.9 Å². The molecule has 1 rings (SSSR count). The van der Waals surface area contributed by atoms with Gasteiger partial charge in [-0.1, -0.05) is 0 Å². The first-order valence-electron chi connectivity index (χ1n) is 3.70. The lowest BCUT2D eigenvalue weighted by Crippen LogP contribution is -2.15. The standard InChI is InChI=1S/C8H8N2O3S/c1-5-6(3-9)8(11)10-4-7(5)14(2,12)13/h4H,1-2H3,(H,10,11). The highest BCUT2D eigenvalue weighted by molar-refractivity contribution is 7.90. The number of pyridine rings is 1. The highest BCUT2D eigenvalue weighted by Crippen LogP contribution is 2.13. The fraction of sp³-hybridized carbons (Fsp3) is 0.250. The molecule has 0 saturated heterocycles. The van der Waals surface area contributed by atoms with Crippen LogP contribution in [0.15, 0.2) is 15.9 Å². The van der Waals surface area contributed by atoms with E-state index < -0.39 is 15.4 Å². The van der Waals surface area contributed by atoms with Crippen LogP contribution >= 0.6 is 0 Å². The quantitative estimate of drug-likeness (QED) is 0.707. The molecule has 0 spiro atoms. The molecule has 1 N–H and O–H groups in total. The van der Waals surface area contributed by atoms with Crippen molar-refractivity contribution in [1.82, 2.24) is 4.98 Å². The molecule has 0 atom stereocenters. The van der Waals surface area contributed by atoms with Gasteiger partial charge in [-0.3, -0.25) is 4.79 Å². The molecule has 1 aromatic heterocycles. The summed E-state index contributed by atoms with van der Waals surface area (Å²) in [7, 11) is -3.40. The van der Waals surface area contributed by atoms with Gasteiger partial charge in [0.2, 0.25) is 0 Å². The zero-order chi connectivity index (χ0) is 10.9. The molecule has 14 heavy (non-hydrogen) atoms. The maximum atomic E-state index is 11.2. The van der Waals surface area contributed by atoms with Crippen molar-refractivity contribution in [1.29, 1.82) is 5.26 Å². The minimum atomic E-state index is -3.40. The maximum absolute atomic E-state index is 11.2. The molecule has 0 radical (unpaired) electrons. The maximum Gasteiger partial charge on any atom is 0.266 e. The van der Waals surface area contributed by atoms with Gasteiger partial charge in [0.1, 0.15) is 11.6 Å². The normalized spacial score (nSPS) is 10.9. The molecule has 0 aliphatic carbocycles. The second-order valence-corrected chi connectivity index (χ2v) is 4.85. The predicted octanol–water partition coefficient (Wildman–Crippen LogP) is -0.0415. The third-order valence-electron chi connectivity index (χ3n) is 1.82. The Balaban J connectivity index is 3.71. The van der Waals surface area contributed by atoms with Crippen LogP contribution in [0.25, 0.3) is 0 Å².